The fraction of sp³-hybridized carbons (Fsp3) is 0.316. The molecule has 0 bridgehead atoms. The van der Waals surface area contributed by atoms with Gasteiger partial charge in [-0.15, -0.1) is 10.2 Å². The highest BCUT2D eigenvalue weighted by atomic mass is 16.4. The zero-order valence-electron chi connectivity index (χ0n) is 13.6. The van der Waals surface area contributed by atoms with E-state index >= 15 is 0 Å². The SMILES string of the molecule is CCC(c1nnc(-c2ccc3ccccc3c2)o1)N1CCCC1=O. The molecule has 1 unspecified atom stereocenters. The second kappa shape index (κ2) is 6.07. The highest BCUT2D eigenvalue weighted by Gasteiger charge is 2.31. The van der Waals surface area contributed by atoms with Crippen molar-refractivity contribution in [2.75, 3.05) is 6.54 Å². The van der Waals surface area contributed by atoms with E-state index in [0.717, 1.165) is 30.3 Å². The third-order valence-electron chi connectivity index (χ3n) is 4.60. The van der Waals surface area contributed by atoms with E-state index < -0.39 is 0 Å². The molecule has 5 heteroatoms. The third-order valence-corrected chi connectivity index (χ3v) is 4.60. The monoisotopic (exact) mass is 321 g/mol. The van der Waals surface area contributed by atoms with E-state index in [9.17, 15) is 4.79 Å². The molecule has 3 aromatic rings. The molecule has 24 heavy (non-hydrogen) atoms. The first kappa shape index (κ1) is 14.9. The Morgan fingerprint density at radius 1 is 1.17 bits per heavy atom. The second-order valence-electron chi connectivity index (χ2n) is 6.12. The van der Waals surface area contributed by atoms with Crippen molar-refractivity contribution in [3.63, 3.8) is 0 Å². The summed E-state index contributed by atoms with van der Waals surface area (Å²) in [4.78, 5) is 13.9. The van der Waals surface area contributed by atoms with Crippen LogP contribution in [0, 0.1) is 0 Å². The first-order chi connectivity index (χ1) is 11.8. The fourth-order valence-corrected chi connectivity index (χ4v) is 3.34. The smallest absolute Gasteiger partial charge is 0.247 e. The lowest BCUT2D eigenvalue weighted by atomic mass is 10.1. The van der Waals surface area contributed by atoms with Crippen LogP contribution in [0.4, 0.5) is 0 Å². The van der Waals surface area contributed by atoms with Crippen LogP contribution in [0.5, 0.6) is 0 Å². The molecule has 0 spiro atoms. The highest BCUT2D eigenvalue weighted by Crippen LogP contribution is 2.30. The number of rotatable bonds is 4. The van der Waals surface area contributed by atoms with Gasteiger partial charge in [0.25, 0.3) is 0 Å². The molecule has 1 atom stereocenters. The summed E-state index contributed by atoms with van der Waals surface area (Å²) in [7, 11) is 0. The van der Waals surface area contributed by atoms with Crippen LogP contribution < -0.4 is 0 Å². The van der Waals surface area contributed by atoms with Crippen LogP contribution in [0.1, 0.15) is 38.1 Å². The van der Waals surface area contributed by atoms with Crippen LogP contribution in [-0.2, 0) is 4.79 Å². The van der Waals surface area contributed by atoms with Gasteiger partial charge in [-0.05, 0) is 35.7 Å². The molecule has 2 heterocycles. The standard InChI is InChI=1S/C19H19N3O2/c1-2-16(22-11-5-8-17(22)23)19-21-20-18(24-19)15-10-9-13-6-3-4-7-14(13)12-15/h3-4,6-7,9-10,12,16H,2,5,8,11H2,1H3. The average molecular weight is 321 g/mol. The number of aromatic nitrogens is 2. The van der Waals surface area contributed by atoms with Crippen molar-refractivity contribution in [3.05, 3.63) is 48.4 Å². The van der Waals surface area contributed by atoms with Gasteiger partial charge in [0.15, 0.2) is 0 Å². The van der Waals surface area contributed by atoms with Gasteiger partial charge in [0, 0.05) is 18.5 Å². The first-order valence-corrected chi connectivity index (χ1v) is 8.38. The van der Waals surface area contributed by atoms with Gasteiger partial charge in [0.2, 0.25) is 17.7 Å². The summed E-state index contributed by atoms with van der Waals surface area (Å²) < 4.78 is 5.92. The van der Waals surface area contributed by atoms with E-state index in [1.807, 2.05) is 30.0 Å². The molecular weight excluding hydrogens is 302 g/mol. The molecule has 1 aliphatic heterocycles. The number of amides is 1. The van der Waals surface area contributed by atoms with E-state index in [2.05, 4.69) is 34.5 Å². The van der Waals surface area contributed by atoms with Crippen molar-refractivity contribution in [1.29, 1.82) is 0 Å². The quantitative estimate of drug-likeness (QED) is 0.729. The minimum absolute atomic E-state index is 0.123. The molecule has 122 valence electrons. The van der Waals surface area contributed by atoms with Gasteiger partial charge in [-0.2, -0.15) is 0 Å². The molecule has 5 nitrogen and oxygen atoms in total. The van der Waals surface area contributed by atoms with Gasteiger partial charge in [-0.3, -0.25) is 4.79 Å². The average Bonchev–Trinajstić information content (AvgIpc) is 3.26. The zero-order chi connectivity index (χ0) is 16.5. The molecule has 0 N–H and O–H groups in total. The Balaban J connectivity index is 1.66. The number of benzene rings is 2. The van der Waals surface area contributed by atoms with E-state index in [0.29, 0.717) is 18.2 Å². The van der Waals surface area contributed by atoms with Crippen LogP contribution >= 0.6 is 0 Å². The maximum absolute atomic E-state index is 12.0. The van der Waals surface area contributed by atoms with Gasteiger partial charge in [0.05, 0.1) is 0 Å². The van der Waals surface area contributed by atoms with Crippen molar-refractivity contribution in [2.45, 2.75) is 32.2 Å². The molecule has 0 radical (unpaired) electrons. The number of likely N-dealkylation sites (tertiary alicyclic amines) is 1. The minimum Gasteiger partial charge on any atom is -0.418 e. The number of hydrogen-bond donors (Lipinski definition) is 0. The van der Waals surface area contributed by atoms with Gasteiger partial charge < -0.3 is 9.32 Å². The Kier molecular flexibility index (Phi) is 3.76. The Morgan fingerprint density at radius 2 is 2.00 bits per heavy atom. The number of hydrogen-bond acceptors (Lipinski definition) is 4. The zero-order valence-corrected chi connectivity index (χ0v) is 13.6. The van der Waals surface area contributed by atoms with E-state index in [4.69, 9.17) is 4.42 Å². The van der Waals surface area contributed by atoms with E-state index in [1.165, 1.54) is 5.39 Å². The van der Waals surface area contributed by atoms with E-state index in [-0.39, 0.29) is 11.9 Å². The first-order valence-electron chi connectivity index (χ1n) is 8.38. The largest absolute Gasteiger partial charge is 0.418 e. The summed E-state index contributed by atoms with van der Waals surface area (Å²) in [6, 6.07) is 14.1. The summed E-state index contributed by atoms with van der Waals surface area (Å²) in [5.74, 6) is 1.20. The summed E-state index contributed by atoms with van der Waals surface area (Å²) in [6.07, 6.45) is 2.29. The number of carbonyl (C=O) groups excluding carboxylic acids is 1. The molecule has 0 saturated carbocycles. The Labute approximate surface area is 140 Å². The highest BCUT2D eigenvalue weighted by molar-refractivity contribution is 5.86. The lowest BCUT2D eigenvalue weighted by Gasteiger charge is -2.23. The second-order valence-corrected chi connectivity index (χ2v) is 6.12. The number of nitrogens with zero attached hydrogens (tertiary/aromatic N) is 3. The normalized spacial score (nSPS) is 16.0. The minimum atomic E-state index is -0.123. The summed E-state index contributed by atoms with van der Waals surface area (Å²) >= 11 is 0. The topological polar surface area (TPSA) is 59.2 Å². The summed E-state index contributed by atoms with van der Waals surface area (Å²) in [5.41, 5.74) is 0.898. The van der Waals surface area contributed by atoms with Crippen LogP contribution in [0.15, 0.2) is 46.9 Å². The lowest BCUT2D eigenvalue weighted by molar-refractivity contribution is -0.130. The van der Waals surface area contributed by atoms with Crippen LogP contribution in [0.3, 0.4) is 0 Å². The van der Waals surface area contributed by atoms with Gasteiger partial charge in [-0.1, -0.05) is 37.3 Å². The van der Waals surface area contributed by atoms with Crippen molar-refractivity contribution >= 4 is 16.7 Å². The fourth-order valence-electron chi connectivity index (χ4n) is 3.34. The predicted molar refractivity (Wildman–Crippen MR) is 91.2 cm³/mol. The van der Waals surface area contributed by atoms with Crippen LogP contribution in [-0.4, -0.2) is 27.5 Å². The molecule has 2 aromatic carbocycles. The predicted octanol–water partition coefficient (Wildman–Crippen LogP) is 3.96. The molecule has 0 aliphatic carbocycles. The molecule has 1 amide bonds. The number of fused-ring (bicyclic) bond motifs is 1. The Morgan fingerprint density at radius 3 is 2.75 bits per heavy atom. The van der Waals surface area contributed by atoms with Crippen LogP contribution in [0.25, 0.3) is 22.2 Å². The molecule has 1 fully saturated rings. The van der Waals surface area contributed by atoms with E-state index in [1.54, 1.807) is 0 Å². The lowest BCUT2D eigenvalue weighted by Crippen LogP contribution is -2.29. The summed E-state index contributed by atoms with van der Waals surface area (Å²) in [5, 5.41) is 10.7. The van der Waals surface area contributed by atoms with Crippen molar-refractivity contribution in [2.24, 2.45) is 0 Å². The van der Waals surface area contributed by atoms with Crippen molar-refractivity contribution in [1.82, 2.24) is 15.1 Å². The molecule has 4 rings (SSSR count). The van der Waals surface area contributed by atoms with Gasteiger partial charge >= 0.3 is 0 Å². The number of carbonyl (C=O) groups is 1. The van der Waals surface area contributed by atoms with Gasteiger partial charge in [0.1, 0.15) is 6.04 Å². The summed E-state index contributed by atoms with van der Waals surface area (Å²) in [6.45, 7) is 2.81. The van der Waals surface area contributed by atoms with Crippen molar-refractivity contribution in [3.8, 4) is 11.5 Å². The van der Waals surface area contributed by atoms with Crippen LogP contribution in [0.2, 0.25) is 0 Å². The Bertz CT molecular complexity index is 887. The molecule has 1 aromatic heterocycles. The molecular formula is C19H19N3O2. The third kappa shape index (κ3) is 2.56. The van der Waals surface area contributed by atoms with Crippen molar-refractivity contribution < 1.29 is 9.21 Å². The van der Waals surface area contributed by atoms with Gasteiger partial charge in [-0.25, -0.2) is 0 Å². The maximum Gasteiger partial charge on any atom is 0.247 e. The molecule has 1 aliphatic rings. The Hall–Kier alpha value is -2.69. The molecule has 1 saturated heterocycles. The maximum atomic E-state index is 12.0.